The van der Waals surface area contributed by atoms with Gasteiger partial charge in [-0.15, -0.1) is 0 Å². The molecular weight excluding hydrogens is 326 g/mol. The topological polar surface area (TPSA) is 37.3 Å². The monoisotopic (exact) mass is 334 g/mol. The first-order valence-electron chi connectivity index (χ1n) is 6.12. The number of carbonyl (C=O) groups is 1. The molecule has 2 aromatic rings. The van der Waals surface area contributed by atoms with E-state index in [0.717, 1.165) is 6.07 Å². The number of carboxylic acid groups (broad SMARTS) is 1. The van der Waals surface area contributed by atoms with Gasteiger partial charge in [-0.3, -0.25) is 0 Å². The third-order valence-electron chi connectivity index (χ3n) is 3.03. The van der Waals surface area contributed by atoms with Gasteiger partial charge < -0.3 is 5.11 Å². The highest BCUT2D eigenvalue weighted by atomic mass is 19.4. The predicted octanol–water partition coefficient (Wildman–Crippen LogP) is 5.09. The van der Waals surface area contributed by atoms with E-state index in [0.29, 0.717) is 12.1 Å². The van der Waals surface area contributed by atoms with Gasteiger partial charge in [-0.25, -0.2) is 4.79 Å². The number of alkyl halides is 6. The average Bonchev–Trinajstić information content (AvgIpc) is 2.45. The van der Waals surface area contributed by atoms with Gasteiger partial charge in [-0.2, -0.15) is 26.3 Å². The minimum absolute atomic E-state index is 0.0184. The van der Waals surface area contributed by atoms with E-state index in [-0.39, 0.29) is 22.8 Å². The second-order valence-corrected chi connectivity index (χ2v) is 4.68. The first-order chi connectivity index (χ1) is 10.5. The summed E-state index contributed by atoms with van der Waals surface area (Å²) in [6, 6.07) is 5.80. The minimum Gasteiger partial charge on any atom is -0.478 e. The van der Waals surface area contributed by atoms with E-state index >= 15 is 0 Å². The van der Waals surface area contributed by atoms with Crippen molar-refractivity contribution in [2.45, 2.75) is 12.4 Å². The zero-order chi connectivity index (χ0) is 17.4. The second-order valence-electron chi connectivity index (χ2n) is 4.68. The number of carboxylic acids is 1. The van der Waals surface area contributed by atoms with E-state index in [1.54, 1.807) is 0 Å². The van der Waals surface area contributed by atoms with E-state index in [1.165, 1.54) is 18.2 Å². The van der Waals surface area contributed by atoms with Gasteiger partial charge in [0.15, 0.2) is 0 Å². The fourth-order valence-electron chi connectivity index (χ4n) is 1.95. The summed E-state index contributed by atoms with van der Waals surface area (Å²) in [5, 5.41) is 8.86. The van der Waals surface area contributed by atoms with Crippen molar-refractivity contribution in [2.24, 2.45) is 0 Å². The lowest BCUT2D eigenvalue weighted by Gasteiger charge is -2.14. The van der Waals surface area contributed by atoms with E-state index in [2.05, 4.69) is 0 Å². The van der Waals surface area contributed by atoms with Gasteiger partial charge in [0.2, 0.25) is 0 Å². The minimum atomic E-state index is -4.96. The van der Waals surface area contributed by atoms with Crippen molar-refractivity contribution in [3.63, 3.8) is 0 Å². The molecule has 0 aliphatic rings. The van der Waals surface area contributed by atoms with E-state index in [4.69, 9.17) is 5.11 Å². The van der Waals surface area contributed by atoms with Gasteiger partial charge in [-0.05, 0) is 41.5 Å². The van der Waals surface area contributed by atoms with Gasteiger partial charge in [0.1, 0.15) is 0 Å². The van der Waals surface area contributed by atoms with Crippen molar-refractivity contribution in [1.29, 1.82) is 0 Å². The summed E-state index contributed by atoms with van der Waals surface area (Å²) in [6.45, 7) is 0. The van der Waals surface area contributed by atoms with Crippen LogP contribution < -0.4 is 0 Å². The van der Waals surface area contributed by atoms with Crippen LogP contribution in [0.1, 0.15) is 21.5 Å². The first-order valence-corrected chi connectivity index (χ1v) is 6.12. The fraction of sp³-hybridized carbons (Fsp3) is 0.133. The summed E-state index contributed by atoms with van der Waals surface area (Å²) in [5.74, 6) is -1.34. The van der Waals surface area contributed by atoms with Crippen LogP contribution in [0.5, 0.6) is 0 Å². The Morgan fingerprint density at radius 3 is 1.74 bits per heavy atom. The highest BCUT2D eigenvalue weighted by Gasteiger charge is 2.37. The molecule has 0 unspecified atom stereocenters. The molecule has 2 rings (SSSR count). The summed E-state index contributed by atoms with van der Waals surface area (Å²) in [4.78, 5) is 10.9. The largest absolute Gasteiger partial charge is 0.478 e. The quantitative estimate of drug-likeness (QED) is 0.777. The molecule has 2 nitrogen and oxygen atoms in total. The zero-order valence-corrected chi connectivity index (χ0v) is 11.2. The molecule has 0 radical (unpaired) electrons. The van der Waals surface area contributed by atoms with Crippen molar-refractivity contribution in [3.05, 3.63) is 59.2 Å². The Hall–Kier alpha value is -2.51. The maximum absolute atomic E-state index is 12.8. The molecule has 0 atom stereocenters. The second kappa shape index (κ2) is 5.60. The smallest absolute Gasteiger partial charge is 0.416 e. The van der Waals surface area contributed by atoms with Gasteiger partial charge in [0.05, 0.1) is 16.7 Å². The van der Waals surface area contributed by atoms with Crippen LogP contribution in [-0.4, -0.2) is 11.1 Å². The molecule has 122 valence electrons. The molecular formula is C15H8F6O2. The number of rotatable bonds is 2. The number of aromatic carboxylic acids is 1. The number of hydrogen-bond donors (Lipinski definition) is 1. The van der Waals surface area contributed by atoms with Gasteiger partial charge in [0, 0.05) is 0 Å². The predicted molar refractivity (Wildman–Crippen MR) is 68.8 cm³/mol. The fourth-order valence-corrected chi connectivity index (χ4v) is 1.95. The van der Waals surface area contributed by atoms with Crippen LogP contribution >= 0.6 is 0 Å². The molecule has 0 saturated heterocycles. The molecule has 0 saturated carbocycles. The lowest BCUT2D eigenvalue weighted by molar-refractivity contribution is -0.143. The van der Waals surface area contributed by atoms with Crippen LogP contribution in [-0.2, 0) is 12.4 Å². The Kier molecular flexibility index (Phi) is 4.10. The maximum Gasteiger partial charge on any atom is 0.416 e. The molecule has 0 bridgehead atoms. The molecule has 8 heteroatoms. The third-order valence-corrected chi connectivity index (χ3v) is 3.03. The number of hydrogen-bond acceptors (Lipinski definition) is 1. The lowest BCUT2D eigenvalue weighted by Crippen LogP contribution is -2.11. The van der Waals surface area contributed by atoms with Crippen molar-refractivity contribution >= 4 is 5.97 Å². The Balaban J connectivity index is 2.67. The standard InChI is InChI=1S/C15H8F6O2/c16-14(17,18)11-5-10(6-12(7-11)15(19,20)21)8-2-1-3-9(4-8)13(22)23/h1-7H,(H,22,23). The molecule has 0 aliphatic carbocycles. The normalized spacial score (nSPS) is 12.3. The molecule has 1 N–H and O–H groups in total. The summed E-state index contributed by atoms with van der Waals surface area (Å²) >= 11 is 0. The Labute approximate surface area is 126 Å². The van der Waals surface area contributed by atoms with Crippen molar-refractivity contribution in [2.75, 3.05) is 0 Å². The first kappa shape index (κ1) is 16.9. The van der Waals surface area contributed by atoms with Crippen LogP contribution in [0.2, 0.25) is 0 Å². The van der Waals surface area contributed by atoms with E-state index < -0.39 is 29.4 Å². The molecule has 0 aliphatic heterocycles. The third kappa shape index (κ3) is 3.82. The van der Waals surface area contributed by atoms with Gasteiger partial charge in [0.25, 0.3) is 0 Å². The molecule has 23 heavy (non-hydrogen) atoms. The van der Waals surface area contributed by atoms with Crippen LogP contribution in [0.15, 0.2) is 42.5 Å². The summed E-state index contributed by atoms with van der Waals surface area (Å²) in [5.41, 5.74) is -3.57. The van der Waals surface area contributed by atoms with Crippen molar-refractivity contribution in [3.8, 4) is 11.1 Å². The molecule has 0 fully saturated rings. The van der Waals surface area contributed by atoms with Crippen LogP contribution in [0.4, 0.5) is 26.3 Å². The molecule has 0 heterocycles. The summed E-state index contributed by atoms with van der Waals surface area (Å²) in [7, 11) is 0. The van der Waals surface area contributed by atoms with Crippen LogP contribution in [0.3, 0.4) is 0 Å². The SMILES string of the molecule is O=C(O)c1cccc(-c2cc(C(F)(F)F)cc(C(F)(F)F)c2)c1. The van der Waals surface area contributed by atoms with Gasteiger partial charge in [-0.1, -0.05) is 12.1 Å². The molecule has 0 amide bonds. The maximum atomic E-state index is 12.8. The summed E-state index contributed by atoms with van der Waals surface area (Å²) < 4.78 is 76.8. The van der Waals surface area contributed by atoms with Crippen molar-refractivity contribution < 1.29 is 36.2 Å². The van der Waals surface area contributed by atoms with Crippen LogP contribution in [0, 0.1) is 0 Å². The molecule has 2 aromatic carbocycles. The average molecular weight is 334 g/mol. The van der Waals surface area contributed by atoms with Crippen molar-refractivity contribution in [1.82, 2.24) is 0 Å². The molecule has 0 spiro atoms. The summed E-state index contributed by atoms with van der Waals surface area (Å²) in [6.07, 6.45) is -9.92. The van der Waals surface area contributed by atoms with Crippen LogP contribution in [0.25, 0.3) is 11.1 Å². The number of benzene rings is 2. The zero-order valence-electron chi connectivity index (χ0n) is 11.2. The van der Waals surface area contributed by atoms with E-state index in [9.17, 15) is 31.1 Å². The molecule has 0 aromatic heterocycles. The number of halogens is 6. The Morgan fingerprint density at radius 2 is 1.30 bits per heavy atom. The van der Waals surface area contributed by atoms with Gasteiger partial charge >= 0.3 is 18.3 Å². The lowest BCUT2D eigenvalue weighted by atomic mass is 9.98. The Bertz CT molecular complexity index is 714. The highest BCUT2D eigenvalue weighted by Crippen LogP contribution is 2.38. The van der Waals surface area contributed by atoms with E-state index in [1.807, 2.05) is 0 Å². The Morgan fingerprint density at radius 1 is 0.783 bits per heavy atom. The highest BCUT2D eigenvalue weighted by molar-refractivity contribution is 5.89.